The van der Waals surface area contributed by atoms with E-state index >= 15 is 0 Å². The van der Waals surface area contributed by atoms with Gasteiger partial charge in [-0.3, -0.25) is 9.89 Å². The summed E-state index contributed by atoms with van der Waals surface area (Å²) in [6, 6.07) is 13.7. The van der Waals surface area contributed by atoms with E-state index < -0.39 is 0 Å². The maximum atomic E-state index is 13.0. The number of hydrogen-bond donors (Lipinski definition) is 1. The molecule has 4 aromatic rings. The number of aryl methyl sites for hydroxylation is 1. The van der Waals surface area contributed by atoms with Gasteiger partial charge in [0.15, 0.2) is 11.5 Å². The fourth-order valence-electron chi connectivity index (χ4n) is 4.26. The van der Waals surface area contributed by atoms with E-state index in [1.165, 1.54) is 0 Å². The van der Waals surface area contributed by atoms with Crippen LogP contribution in [-0.4, -0.2) is 57.2 Å². The van der Waals surface area contributed by atoms with Crippen LogP contribution in [0.3, 0.4) is 0 Å². The van der Waals surface area contributed by atoms with Crippen molar-refractivity contribution in [2.24, 2.45) is 0 Å². The lowest BCUT2D eigenvalue weighted by molar-refractivity contribution is 0.0785. The Kier molecular flexibility index (Phi) is 5.73. The number of hydrogen-bond acceptors (Lipinski definition) is 5. The quantitative estimate of drug-likeness (QED) is 0.470. The van der Waals surface area contributed by atoms with Crippen LogP contribution in [0.15, 0.2) is 54.9 Å². The molecule has 3 aromatic heterocycles. The third-order valence-corrected chi connectivity index (χ3v) is 6.08. The van der Waals surface area contributed by atoms with Crippen molar-refractivity contribution in [1.82, 2.24) is 24.5 Å². The number of nitrogens with zero attached hydrogens (tertiary/aromatic N) is 4. The van der Waals surface area contributed by atoms with Crippen LogP contribution >= 0.6 is 0 Å². The van der Waals surface area contributed by atoms with Crippen molar-refractivity contribution in [1.29, 1.82) is 0 Å². The van der Waals surface area contributed by atoms with Gasteiger partial charge in [-0.05, 0) is 49.2 Å². The highest BCUT2D eigenvalue weighted by atomic mass is 16.5. The van der Waals surface area contributed by atoms with Crippen LogP contribution in [0.1, 0.15) is 39.8 Å². The van der Waals surface area contributed by atoms with Crippen molar-refractivity contribution in [3.63, 3.8) is 0 Å². The molecule has 0 aliphatic carbocycles. The molecule has 0 spiro atoms. The van der Waals surface area contributed by atoms with Gasteiger partial charge in [0.05, 0.1) is 19.4 Å². The van der Waals surface area contributed by atoms with Gasteiger partial charge in [-0.1, -0.05) is 12.1 Å². The molecule has 1 N–H and O–H groups in total. The number of likely N-dealkylation sites (tertiary alicyclic amines) is 1. The fraction of sp³-hybridized carbons (Fsp3) is 0.320. The number of rotatable bonds is 7. The lowest BCUT2D eigenvalue weighted by atomic mass is 10.0. The Balaban J connectivity index is 1.18. The lowest BCUT2D eigenvalue weighted by Gasteiger charge is -2.14. The van der Waals surface area contributed by atoms with Gasteiger partial charge in [-0.15, -0.1) is 0 Å². The first-order valence-electron chi connectivity index (χ1n) is 11.2. The number of nitrogens with one attached hydrogen (secondary N) is 1. The monoisotopic (exact) mass is 445 g/mol. The Morgan fingerprint density at radius 3 is 2.91 bits per heavy atom. The predicted molar refractivity (Wildman–Crippen MR) is 124 cm³/mol. The second-order valence-electron chi connectivity index (χ2n) is 8.40. The number of carbonyl (C=O) groups is 1. The summed E-state index contributed by atoms with van der Waals surface area (Å²) in [5, 5.41) is 7.62. The minimum Gasteiger partial charge on any atom is -0.493 e. The first-order valence-corrected chi connectivity index (χ1v) is 11.2. The molecule has 4 heterocycles. The standard InChI is InChI=1S/C25H27N5O3/c1-17-7-10-29-16-21(26-24(29)13-17)25(31)30-11-8-18(15-30)20-14-19(27-28-20)9-12-33-23-6-4-3-5-22(23)32-2/h3-7,10,13-14,16,18H,8-9,11-12,15H2,1-2H3,(H,27,28)/t18-/m1/s1. The molecule has 5 rings (SSSR count). The number of aromatic amines is 1. The van der Waals surface area contributed by atoms with Crippen LogP contribution in [0.4, 0.5) is 0 Å². The number of fused-ring (bicyclic) bond motifs is 1. The van der Waals surface area contributed by atoms with Crippen molar-refractivity contribution >= 4 is 11.6 Å². The smallest absolute Gasteiger partial charge is 0.274 e. The molecular weight excluding hydrogens is 418 g/mol. The summed E-state index contributed by atoms with van der Waals surface area (Å²) in [5.74, 6) is 1.64. The van der Waals surface area contributed by atoms with Gasteiger partial charge in [0, 0.05) is 43.5 Å². The number of H-pyrrole nitrogens is 1. The molecule has 8 heteroatoms. The Morgan fingerprint density at radius 1 is 1.21 bits per heavy atom. The Bertz CT molecular complexity index is 1280. The summed E-state index contributed by atoms with van der Waals surface area (Å²) in [7, 11) is 1.63. The molecule has 170 valence electrons. The van der Waals surface area contributed by atoms with Crippen LogP contribution in [0.2, 0.25) is 0 Å². The number of ether oxygens (including phenoxy) is 2. The van der Waals surface area contributed by atoms with Crippen molar-refractivity contribution in [2.75, 3.05) is 26.8 Å². The van der Waals surface area contributed by atoms with Crippen LogP contribution < -0.4 is 9.47 Å². The summed E-state index contributed by atoms with van der Waals surface area (Å²) >= 11 is 0. The third-order valence-electron chi connectivity index (χ3n) is 6.08. The largest absolute Gasteiger partial charge is 0.493 e. The number of aromatic nitrogens is 4. The van der Waals surface area contributed by atoms with E-state index in [1.807, 2.05) is 58.8 Å². The summed E-state index contributed by atoms with van der Waals surface area (Å²) < 4.78 is 13.1. The molecule has 0 bridgehead atoms. The summed E-state index contributed by atoms with van der Waals surface area (Å²) in [5.41, 5.74) is 4.40. The van der Waals surface area contributed by atoms with Gasteiger partial charge in [-0.25, -0.2) is 4.98 Å². The van der Waals surface area contributed by atoms with Crippen LogP contribution in [0.25, 0.3) is 5.65 Å². The van der Waals surface area contributed by atoms with Crippen molar-refractivity contribution in [2.45, 2.75) is 25.7 Å². The molecule has 1 atom stereocenters. The number of imidazole rings is 1. The van der Waals surface area contributed by atoms with E-state index in [2.05, 4.69) is 21.2 Å². The van der Waals surface area contributed by atoms with E-state index in [0.717, 1.165) is 40.5 Å². The Hall–Kier alpha value is -3.81. The zero-order valence-electron chi connectivity index (χ0n) is 18.8. The summed E-state index contributed by atoms with van der Waals surface area (Å²) in [6.07, 6.45) is 5.34. The van der Waals surface area contributed by atoms with Crippen molar-refractivity contribution in [3.05, 3.63) is 77.5 Å². The minimum absolute atomic E-state index is 0.0279. The molecule has 0 saturated carbocycles. The number of methoxy groups -OCH3 is 1. The molecule has 1 aromatic carbocycles. The van der Waals surface area contributed by atoms with Gasteiger partial charge < -0.3 is 18.8 Å². The van der Waals surface area contributed by atoms with E-state index in [-0.39, 0.29) is 11.8 Å². The molecule has 33 heavy (non-hydrogen) atoms. The van der Waals surface area contributed by atoms with Gasteiger partial charge >= 0.3 is 0 Å². The van der Waals surface area contributed by atoms with Gasteiger partial charge in [0.1, 0.15) is 11.3 Å². The maximum Gasteiger partial charge on any atom is 0.274 e. The highest BCUT2D eigenvalue weighted by Crippen LogP contribution is 2.28. The second kappa shape index (κ2) is 8.97. The number of carbonyl (C=O) groups excluding carboxylic acids is 1. The molecule has 1 aliphatic rings. The van der Waals surface area contributed by atoms with Crippen molar-refractivity contribution in [3.8, 4) is 11.5 Å². The van der Waals surface area contributed by atoms with E-state index in [9.17, 15) is 4.79 Å². The van der Waals surface area contributed by atoms with Crippen molar-refractivity contribution < 1.29 is 14.3 Å². The van der Waals surface area contributed by atoms with Crippen LogP contribution in [0, 0.1) is 6.92 Å². The van der Waals surface area contributed by atoms with E-state index in [4.69, 9.17) is 9.47 Å². The van der Waals surface area contributed by atoms with Crippen LogP contribution in [-0.2, 0) is 6.42 Å². The number of para-hydroxylation sites is 2. The minimum atomic E-state index is -0.0279. The zero-order chi connectivity index (χ0) is 22.8. The van der Waals surface area contributed by atoms with Gasteiger partial charge in [-0.2, -0.15) is 5.10 Å². The lowest BCUT2D eigenvalue weighted by Crippen LogP contribution is -2.28. The Morgan fingerprint density at radius 2 is 2.06 bits per heavy atom. The first-order chi connectivity index (χ1) is 16.1. The molecule has 0 unspecified atom stereocenters. The van der Waals surface area contributed by atoms with E-state index in [1.54, 1.807) is 13.3 Å². The average molecular weight is 446 g/mol. The molecular formula is C25H27N5O3. The number of amides is 1. The molecule has 8 nitrogen and oxygen atoms in total. The first kappa shape index (κ1) is 21.1. The summed E-state index contributed by atoms with van der Waals surface area (Å²) in [4.78, 5) is 19.4. The highest BCUT2D eigenvalue weighted by molar-refractivity contribution is 5.93. The highest BCUT2D eigenvalue weighted by Gasteiger charge is 2.30. The molecule has 1 amide bonds. The number of pyridine rings is 1. The average Bonchev–Trinajstić information content (AvgIpc) is 3.58. The molecule has 0 radical (unpaired) electrons. The van der Waals surface area contributed by atoms with Gasteiger partial charge in [0.25, 0.3) is 5.91 Å². The maximum absolute atomic E-state index is 13.0. The molecule has 1 saturated heterocycles. The van der Waals surface area contributed by atoms with E-state index in [0.29, 0.717) is 31.8 Å². The normalized spacial score (nSPS) is 15.8. The number of benzene rings is 1. The zero-order valence-corrected chi connectivity index (χ0v) is 18.8. The summed E-state index contributed by atoms with van der Waals surface area (Å²) in [6.45, 7) is 3.89. The van der Waals surface area contributed by atoms with Gasteiger partial charge in [0.2, 0.25) is 0 Å². The van der Waals surface area contributed by atoms with Crippen LogP contribution in [0.5, 0.6) is 11.5 Å². The fourth-order valence-corrected chi connectivity index (χ4v) is 4.26. The SMILES string of the molecule is COc1ccccc1OCCc1cc([C@@H]2CCN(C(=O)c3cn4ccc(C)cc4n3)C2)n[nH]1. The molecule has 1 fully saturated rings. The third kappa shape index (κ3) is 4.41. The Labute approximate surface area is 192 Å². The topological polar surface area (TPSA) is 84.8 Å². The predicted octanol–water partition coefficient (Wildman–Crippen LogP) is 3.63. The second-order valence-corrected chi connectivity index (χ2v) is 8.40. The molecule has 1 aliphatic heterocycles.